The van der Waals surface area contributed by atoms with Crippen LogP contribution in [0.1, 0.15) is 141 Å². The Morgan fingerprint density at radius 3 is 1.10 bits per heavy atom. The zero-order valence-electron chi connectivity index (χ0n) is 19.6. The second-order valence-corrected chi connectivity index (χ2v) is 9.11. The molecule has 0 bridgehead atoms. The van der Waals surface area contributed by atoms with Gasteiger partial charge in [0.2, 0.25) is 0 Å². The minimum absolute atomic E-state index is 0.122. The molecule has 0 unspecified atom stereocenters. The summed E-state index contributed by atoms with van der Waals surface area (Å²) in [5, 5.41) is 11.1. The van der Waals surface area contributed by atoms with Gasteiger partial charge >= 0.3 is 0 Å². The summed E-state index contributed by atoms with van der Waals surface area (Å²) in [6.07, 6.45) is 29.7. The quantitative estimate of drug-likeness (QED) is 0.183. The van der Waals surface area contributed by atoms with E-state index >= 15 is 0 Å². The minimum atomic E-state index is 0.122. The smallest absolute Gasteiger partial charge is 0.178 e. The molecule has 0 aliphatic carbocycles. The molecular weight excluding hydrogens is 352 g/mol. The van der Waals surface area contributed by atoms with Gasteiger partial charge in [-0.15, -0.1) is 0 Å². The van der Waals surface area contributed by atoms with E-state index in [9.17, 15) is 5.11 Å². The molecule has 1 aromatic rings. The van der Waals surface area contributed by atoms with Gasteiger partial charge in [-0.3, -0.25) is 5.11 Å². The molecule has 0 saturated heterocycles. The first-order chi connectivity index (χ1) is 14.3. The highest BCUT2D eigenvalue weighted by atomic mass is 16.3. The molecule has 1 nitrogen and oxygen atoms in total. The molecule has 0 fully saturated rings. The molecule has 0 N–H and O–H groups in total. The number of hydrogen-bond acceptors (Lipinski definition) is 0. The average molecular weight is 402 g/mol. The molecular formula is C28H49O. The van der Waals surface area contributed by atoms with Gasteiger partial charge in [-0.05, 0) is 30.5 Å². The normalized spacial score (nSPS) is 11.2. The van der Waals surface area contributed by atoms with Gasteiger partial charge in [-0.25, -0.2) is 0 Å². The van der Waals surface area contributed by atoms with E-state index in [1.165, 1.54) is 134 Å². The third-order valence-electron chi connectivity index (χ3n) is 6.24. The van der Waals surface area contributed by atoms with Crippen molar-refractivity contribution in [2.24, 2.45) is 0 Å². The van der Waals surface area contributed by atoms with E-state index in [1.807, 2.05) is 12.1 Å². The Bertz CT molecular complexity index is 436. The number of aryl methyl sites for hydroxylation is 1. The van der Waals surface area contributed by atoms with Crippen LogP contribution in [-0.4, -0.2) is 0 Å². The number of rotatable bonds is 21. The van der Waals surface area contributed by atoms with Gasteiger partial charge in [0.05, 0.1) is 0 Å². The van der Waals surface area contributed by atoms with E-state index < -0.39 is 0 Å². The summed E-state index contributed by atoms with van der Waals surface area (Å²) in [7, 11) is 0. The SMILES string of the molecule is CCCCCCCCCCCCCCCCCCCCCCc1ccc([O])cc1. The van der Waals surface area contributed by atoms with Crippen molar-refractivity contribution in [3.05, 3.63) is 29.8 Å². The van der Waals surface area contributed by atoms with Crippen molar-refractivity contribution < 1.29 is 5.11 Å². The topological polar surface area (TPSA) is 19.9 Å². The van der Waals surface area contributed by atoms with Crippen LogP contribution >= 0.6 is 0 Å². The molecule has 167 valence electrons. The summed E-state index contributed by atoms with van der Waals surface area (Å²) >= 11 is 0. The second-order valence-electron chi connectivity index (χ2n) is 9.11. The molecule has 1 aromatic carbocycles. The standard InChI is InChI=1S/C28H49O/c1-2-3-4-5-6-7-8-9-10-11-12-13-14-15-16-17-18-19-20-21-22-27-23-25-28(29)26-24-27/h23-26H,2-22H2,1H3. The van der Waals surface area contributed by atoms with Crippen LogP contribution in [0.25, 0.3) is 0 Å². The molecule has 1 rings (SSSR count). The molecule has 0 aliphatic heterocycles. The van der Waals surface area contributed by atoms with Crippen molar-refractivity contribution in [2.45, 2.75) is 142 Å². The molecule has 0 saturated carbocycles. The lowest BCUT2D eigenvalue weighted by atomic mass is 10.0. The highest BCUT2D eigenvalue weighted by Gasteiger charge is 1.97. The highest BCUT2D eigenvalue weighted by molar-refractivity contribution is 5.25. The van der Waals surface area contributed by atoms with Gasteiger partial charge in [0, 0.05) is 0 Å². The largest absolute Gasteiger partial charge is 0.290 e. The van der Waals surface area contributed by atoms with Gasteiger partial charge in [0.1, 0.15) is 0 Å². The Labute approximate surface area is 182 Å². The first-order valence-corrected chi connectivity index (χ1v) is 13.1. The lowest BCUT2D eigenvalue weighted by molar-refractivity contribution is 0.355. The molecule has 0 aromatic heterocycles. The van der Waals surface area contributed by atoms with Gasteiger partial charge in [-0.1, -0.05) is 141 Å². The maximum absolute atomic E-state index is 11.1. The number of unbranched alkanes of at least 4 members (excludes halogenated alkanes) is 19. The van der Waals surface area contributed by atoms with Crippen LogP contribution in [-0.2, 0) is 11.5 Å². The molecule has 0 aliphatic rings. The summed E-state index contributed by atoms with van der Waals surface area (Å²) in [4.78, 5) is 0. The Morgan fingerprint density at radius 1 is 0.448 bits per heavy atom. The molecule has 1 heteroatoms. The summed E-state index contributed by atoms with van der Waals surface area (Å²) in [5.74, 6) is 0.122. The van der Waals surface area contributed by atoms with E-state index in [0.29, 0.717) is 0 Å². The average Bonchev–Trinajstić information content (AvgIpc) is 2.73. The maximum Gasteiger partial charge on any atom is 0.178 e. The predicted octanol–water partition coefficient (Wildman–Crippen LogP) is 10.2. The van der Waals surface area contributed by atoms with Crippen LogP contribution in [0.5, 0.6) is 5.75 Å². The van der Waals surface area contributed by atoms with Gasteiger partial charge in [-0.2, -0.15) is 0 Å². The second kappa shape index (κ2) is 20.3. The zero-order chi connectivity index (χ0) is 20.8. The Hall–Kier alpha value is -0.980. The molecule has 1 radical (unpaired) electrons. The van der Waals surface area contributed by atoms with E-state index in [4.69, 9.17) is 0 Å². The summed E-state index contributed by atoms with van der Waals surface area (Å²) in [5.41, 5.74) is 1.31. The van der Waals surface area contributed by atoms with Crippen LogP contribution < -0.4 is 0 Å². The summed E-state index contributed by atoms with van der Waals surface area (Å²) < 4.78 is 0. The summed E-state index contributed by atoms with van der Waals surface area (Å²) in [6.45, 7) is 2.29. The first kappa shape index (κ1) is 26.1. The third kappa shape index (κ3) is 17.6. The predicted molar refractivity (Wildman–Crippen MR) is 128 cm³/mol. The van der Waals surface area contributed by atoms with Crippen molar-refractivity contribution in [1.82, 2.24) is 0 Å². The lowest BCUT2D eigenvalue weighted by Crippen LogP contribution is -1.86. The van der Waals surface area contributed by atoms with E-state index in [0.717, 1.165) is 6.42 Å². The Balaban J connectivity index is 1.69. The van der Waals surface area contributed by atoms with Crippen molar-refractivity contribution in [2.75, 3.05) is 0 Å². The van der Waals surface area contributed by atoms with Crippen molar-refractivity contribution >= 4 is 0 Å². The fourth-order valence-corrected chi connectivity index (χ4v) is 4.24. The number of hydrogen-bond donors (Lipinski definition) is 0. The van der Waals surface area contributed by atoms with E-state index in [2.05, 4.69) is 6.92 Å². The van der Waals surface area contributed by atoms with Crippen molar-refractivity contribution in [3.63, 3.8) is 0 Å². The van der Waals surface area contributed by atoms with Crippen molar-refractivity contribution in [1.29, 1.82) is 0 Å². The number of benzene rings is 1. The van der Waals surface area contributed by atoms with E-state index in [1.54, 1.807) is 12.1 Å². The molecule has 0 spiro atoms. The molecule has 0 atom stereocenters. The first-order valence-electron chi connectivity index (χ1n) is 13.1. The molecule has 29 heavy (non-hydrogen) atoms. The minimum Gasteiger partial charge on any atom is -0.290 e. The van der Waals surface area contributed by atoms with Gasteiger partial charge in [0.15, 0.2) is 5.75 Å². The van der Waals surface area contributed by atoms with Gasteiger partial charge < -0.3 is 0 Å². The fraction of sp³-hybridized carbons (Fsp3) is 0.786. The molecule has 0 heterocycles. The monoisotopic (exact) mass is 401 g/mol. The van der Waals surface area contributed by atoms with Crippen LogP contribution in [0.15, 0.2) is 24.3 Å². The van der Waals surface area contributed by atoms with Crippen LogP contribution in [0, 0.1) is 0 Å². The Kier molecular flexibility index (Phi) is 18.2. The van der Waals surface area contributed by atoms with Gasteiger partial charge in [0.25, 0.3) is 0 Å². The van der Waals surface area contributed by atoms with Crippen LogP contribution in [0.4, 0.5) is 0 Å². The van der Waals surface area contributed by atoms with Crippen LogP contribution in [0.2, 0.25) is 0 Å². The Morgan fingerprint density at radius 2 is 0.759 bits per heavy atom. The fourth-order valence-electron chi connectivity index (χ4n) is 4.24. The third-order valence-corrected chi connectivity index (χ3v) is 6.24. The summed E-state index contributed by atoms with van der Waals surface area (Å²) in [6, 6.07) is 7.34. The molecule has 0 amide bonds. The maximum atomic E-state index is 11.1. The lowest BCUT2D eigenvalue weighted by Gasteiger charge is -2.04. The van der Waals surface area contributed by atoms with Crippen molar-refractivity contribution in [3.8, 4) is 5.75 Å². The zero-order valence-corrected chi connectivity index (χ0v) is 19.6. The van der Waals surface area contributed by atoms with Crippen LogP contribution in [0.3, 0.4) is 0 Å². The highest BCUT2D eigenvalue weighted by Crippen LogP contribution is 2.16. The van der Waals surface area contributed by atoms with E-state index in [-0.39, 0.29) is 5.75 Å².